The van der Waals surface area contributed by atoms with Crippen molar-refractivity contribution in [2.24, 2.45) is 0 Å². The first-order valence-corrected chi connectivity index (χ1v) is 7.07. The predicted octanol–water partition coefficient (Wildman–Crippen LogP) is 3.70. The molecule has 0 atom stereocenters. The molecule has 2 amide bonds. The Balaban J connectivity index is 2.11. The molecule has 0 unspecified atom stereocenters. The van der Waals surface area contributed by atoms with Gasteiger partial charge in [-0.05, 0) is 30.3 Å². The van der Waals surface area contributed by atoms with Crippen molar-refractivity contribution in [3.8, 4) is 0 Å². The zero-order chi connectivity index (χ0) is 17.7. The molecule has 126 valence electrons. The Morgan fingerprint density at radius 3 is 2.29 bits per heavy atom. The van der Waals surface area contributed by atoms with Crippen LogP contribution in [0.3, 0.4) is 0 Å². The van der Waals surface area contributed by atoms with Crippen LogP contribution in [0.2, 0.25) is 0 Å². The largest absolute Gasteiger partial charge is 0.416 e. The number of nitrogens with zero attached hydrogens (tertiary/aromatic N) is 1. The minimum atomic E-state index is -4.49. The highest BCUT2D eigenvalue weighted by atomic mass is 19.4. The number of benzene rings is 2. The number of amides is 2. The van der Waals surface area contributed by atoms with Gasteiger partial charge in [0.2, 0.25) is 11.8 Å². The van der Waals surface area contributed by atoms with Crippen molar-refractivity contribution in [2.75, 3.05) is 16.8 Å². The van der Waals surface area contributed by atoms with E-state index in [1.807, 2.05) is 0 Å². The van der Waals surface area contributed by atoms with E-state index in [0.717, 1.165) is 12.1 Å². The van der Waals surface area contributed by atoms with E-state index in [-0.39, 0.29) is 18.1 Å². The Labute approximate surface area is 136 Å². The van der Waals surface area contributed by atoms with Crippen LogP contribution >= 0.6 is 0 Å². The summed E-state index contributed by atoms with van der Waals surface area (Å²) in [5, 5.41) is 2.38. The number of rotatable bonds is 4. The molecule has 0 saturated carbocycles. The molecular formula is C17H15F3N2O2. The van der Waals surface area contributed by atoms with E-state index in [9.17, 15) is 22.8 Å². The van der Waals surface area contributed by atoms with Crippen LogP contribution in [0.25, 0.3) is 0 Å². The van der Waals surface area contributed by atoms with Crippen LogP contribution in [0.15, 0.2) is 54.6 Å². The highest BCUT2D eigenvalue weighted by Crippen LogP contribution is 2.30. The third-order valence-electron chi connectivity index (χ3n) is 3.22. The first-order valence-electron chi connectivity index (χ1n) is 7.07. The highest BCUT2D eigenvalue weighted by molar-refractivity contribution is 6.01. The maximum absolute atomic E-state index is 12.7. The molecule has 24 heavy (non-hydrogen) atoms. The van der Waals surface area contributed by atoms with Gasteiger partial charge in [0.15, 0.2) is 0 Å². The smallest absolute Gasteiger partial charge is 0.325 e. The van der Waals surface area contributed by atoms with Crippen LogP contribution in [0.5, 0.6) is 0 Å². The molecule has 0 heterocycles. The fourth-order valence-electron chi connectivity index (χ4n) is 2.11. The van der Waals surface area contributed by atoms with Crippen molar-refractivity contribution in [2.45, 2.75) is 13.1 Å². The van der Waals surface area contributed by atoms with Gasteiger partial charge in [0.05, 0.1) is 5.56 Å². The second-order valence-corrected chi connectivity index (χ2v) is 5.07. The molecule has 0 aliphatic carbocycles. The number of hydrogen-bond donors (Lipinski definition) is 1. The third-order valence-corrected chi connectivity index (χ3v) is 3.22. The van der Waals surface area contributed by atoms with Crippen molar-refractivity contribution in [1.82, 2.24) is 0 Å². The van der Waals surface area contributed by atoms with Gasteiger partial charge in [-0.25, -0.2) is 0 Å². The quantitative estimate of drug-likeness (QED) is 0.925. The van der Waals surface area contributed by atoms with Crippen LogP contribution in [0.4, 0.5) is 24.5 Å². The number of para-hydroxylation sites is 1. The Hall–Kier alpha value is -2.83. The summed E-state index contributed by atoms with van der Waals surface area (Å²) >= 11 is 0. The molecule has 0 aromatic heterocycles. The SMILES string of the molecule is CC(=O)N(CC(=O)Nc1cccc(C(F)(F)F)c1)c1ccccc1. The van der Waals surface area contributed by atoms with Gasteiger partial charge in [-0.15, -0.1) is 0 Å². The van der Waals surface area contributed by atoms with Gasteiger partial charge >= 0.3 is 6.18 Å². The molecule has 0 aliphatic heterocycles. The Morgan fingerprint density at radius 2 is 1.71 bits per heavy atom. The summed E-state index contributed by atoms with van der Waals surface area (Å²) in [6.07, 6.45) is -4.49. The number of anilines is 2. The molecule has 4 nitrogen and oxygen atoms in total. The first kappa shape index (κ1) is 17.5. The van der Waals surface area contributed by atoms with Gasteiger partial charge in [-0.1, -0.05) is 24.3 Å². The molecule has 2 aromatic rings. The lowest BCUT2D eigenvalue weighted by Crippen LogP contribution is -2.36. The molecule has 7 heteroatoms. The summed E-state index contributed by atoms with van der Waals surface area (Å²) in [5.74, 6) is -0.936. The van der Waals surface area contributed by atoms with Gasteiger partial charge in [-0.3, -0.25) is 9.59 Å². The molecule has 0 saturated heterocycles. The summed E-state index contributed by atoms with van der Waals surface area (Å²) in [6.45, 7) is 1.01. The Kier molecular flexibility index (Phi) is 5.23. The molecule has 2 rings (SSSR count). The van der Waals surface area contributed by atoms with E-state index < -0.39 is 17.6 Å². The zero-order valence-electron chi connectivity index (χ0n) is 12.8. The molecular weight excluding hydrogens is 321 g/mol. The average Bonchev–Trinajstić information content (AvgIpc) is 2.52. The molecule has 2 aromatic carbocycles. The predicted molar refractivity (Wildman–Crippen MR) is 84.5 cm³/mol. The highest BCUT2D eigenvalue weighted by Gasteiger charge is 2.30. The minimum absolute atomic E-state index is 0.0198. The maximum Gasteiger partial charge on any atom is 0.416 e. The normalized spacial score (nSPS) is 11.0. The van der Waals surface area contributed by atoms with Crippen LogP contribution < -0.4 is 10.2 Å². The van der Waals surface area contributed by atoms with Gasteiger partial charge in [0.25, 0.3) is 0 Å². The second kappa shape index (κ2) is 7.16. The van der Waals surface area contributed by atoms with Crippen molar-refractivity contribution >= 4 is 23.2 Å². The number of carbonyl (C=O) groups is 2. The van der Waals surface area contributed by atoms with Crippen LogP contribution in [-0.4, -0.2) is 18.4 Å². The van der Waals surface area contributed by atoms with E-state index in [1.54, 1.807) is 30.3 Å². The van der Waals surface area contributed by atoms with Crippen LogP contribution in [-0.2, 0) is 15.8 Å². The molecule has 0 fully saturated rings. The lowest BCUT2D eigenvalue weighted by Gasteiger charge is -2.20. The van der Waals surface area contributed by atoms with Crippen molar-refractivity contribution in [1.29, 1.82) is 0 Å². The van der Waals surface area contributed by atoms with E-state index >= 15 is 0 Å². The number of nitrogens with one attached hydrogen (secondary N) is 1. The minimum Gasteiger partial charge on any atom is -0.325 e. The summed E-state index contributed by atoms with van der Waals surface area (Å²) in [5.41, 5.74) is -0.303. The van der Waals surface area contributed by atoms with Crippen molar-refractivity contribution in [3.05, 3.63) is 60.2 Å². The van der Waals surface area contributed by atoms with Crippen molar-refractivity contribution < 1.29 is 22.8 Å². The van der Waals surface area contributed by atoms with E-state index in [2.05, 4.69) is 5.32 Å². The summed E-state index contributed by atoms with van der Waals surface area (Å²) in [6, 6.07) is 12.9. The summed E-state index contributed by atoms with van der Waals surface area (Å²) in [7, 11) is 0. The standard InChI is InChI=1S/C17H15F3N2O2/c1-12(23)22(15-8-3-2-4-9-15)11-16(24)21-14-7-5-6-13(10-14)17(18,19)20/h2-10H,11H2,1H3,(H,21,24). The van der Waals surface area contributed by atoms with E-state index in [1.165, 1.54) is 24.0 Å². The van der Waals surface area contributed by atoms with Gasteiger partial charge in [0.1, 0.15) is 6.54 Å². The number of carbonyl (C=O) groups excluding carboxylic acids is 2. The third kappa shape index (κ3) is 4.58. The summed E-state index contributed by atoms with van der Waals surface area (Å²) < 4.78 is 38.0. The van der Waals surface area contributed by atoms with E-state index in [4.69, 9.17) is 0 Å². The zero-order valence-corrected chi connectivity index (χ0v) is 12.8. The Morgan fingerprint density at radius 1 is 1.04 bits per heavy atom. The lowest BCUT2D eigenvalue weighted by molar-refractivity contribution is -0.137. The maximum atomic E-state index is 12.7. The van der Waals surface area contributed by atoms with Crippen molar-refractivity contribution in [3.63, 3.8) is 0 Å². The lowest BCUT2D eigenvalue weighted by atomic mass is 10.2. The molecule has 1 N–H and O–H groups in total. The van der Waals surface area contributed by atoms with E-state index in [0.29, 0.717) is 5.69 Å². The topological polar surface area (TPSA) is 49.4 Å². The number of halogens is 3. The molecule has 0 spiro atoms. The Bertz CT molecular complexity index is 730. The van der Waals surface area contributed by atoms with Gasteiger partial charge < -0.3 is 10.2 Å². The van der Waals surface area contributed by atoms with Crippen LogP contribution in [0.1, 0.15) is 12.5 Å². The van der Waals surface area contributed by atoms with Crippen LogP contribution in [0, 0.1) is 0 Å². The molecule has 0 bridgehead atoms. The second-order valence-electron chi connectivity index (χ2n) is 5.07. The molecule has 0 radical (unpaired) electrons. The monoisotopic (exact) mass is 336 g/mol. The summed E-state index contributed by atoms with van der Waals surface area (Å²) in [4.78, 5) is 25.0. The first-order chi connectivity index (χ1) is 11.3. The number of hydrogen-bond acceptors (Lipinski definition) is 2. The van der Waals surface area contributed by atoms with Gasteiger partial charge in [-0.2, -0.15) is 13.2 Å². The molecule has 0 aliphatic rings. The van der Waals surface area contributed by atoms with Gasteiger partial charge in [0, 0.05) is 18.3 Å². The number of alkyl halides is 3. The average molecular weight is 336 g/mol. The fraction of sp³-hybridized carbons (Fsp3) is 0.176. The fourth-order valence-corrected chi connectivity index (χ4v) is 2.11.